The van der Waals surface area contributed by atoms with Gasteiger partial charge in [0.25, 0.3) is 0 Å². The fourth-order valence-electron chi connectivity index (χ4n) is 2.09. The van der Waals surface area contributed by atoms with E-state index in [0.717, 1.165) is 23.4 Å². The van der Waals surface area contributed by atoms with E-state index < -0.39 is 0 Å². The third kappa shape index (κ3) is 2.52. The Labute approximate surface area is 113 Å². The highest BCUT2D eigenvalue weighted by molar-refractivity contribution is 6.20. The zero-order valence-electron chi connectivity index (χ0n) is 11.3. The Balaban J connectivity index is 2.55. The maximum atomic E-state index is 6.22. The average Bonchev–Trinajstić information content (AvgIpc) is 2.67. The summed E-state index contributed by atoms with van der Waals surface area (Å²) in [6, 6.07) is 6.29. The maximum Gasteiger partial charge on any atom is 0.127 e. The summed E-state index contributed by atoms with van der Waals surface area (Å²) < 4.78 is 7.49. The Morgan fingerprint density at radius 2 is 2.11 bits per heavy atom. The number of halogens is 1. The molecule has 2 aromatic rings. The number of methoxy groups -OCH3 is 1. The van der Waals surface area contributed by atoms with Crippen LogP contribution in [0.5, 0.6) is 0 Å². The van der Waals surface area contributed by atoms with Crippen LogP contribution in [0.2, 0.25) is 0 Å². The van der Waals surface area contributed by atoms with Crippen molar-refractivity contribution in [2.45, 2.75) is 38.8 Å². The molecule has 2 rings (SSSR count). The fraction of sp³-hybridized carbons (Fsp3) is 0.500. The smallest absolute Gasteiger partial charge is 0.127 e. The SMILES string of the molecule is COC(C)Cn1c(C(C)Cl)nc2cc(C)ccc21. The first-order chi connectivity index (χ1) is 8.52. The van der Waals surface area contributed by atoms with Crippen molar-refractivity contribution >= 4 is 22.6 Å². The summed E-state index contributed by atoms with van der Waals surface area (Å²) >= 11 is 6.22. The molecular formula is C14H19ClN2O. The minimum atomic E-state index is -0.109. The van der Waals surface area contributed by atoms with Gasteiger partial charge in [-0.3, -0.25) is 0 Å². The molecule has 0 aliphatic heterocycles. The van der Waals surface area contributed by atoms with Crippen LogP contribution in [0.3, 0.4) is 0 Å². The lowest BCUT2D eigenvalue weighted by Gasteiger charge is -2.15. The first-order valence-electron chi connectivity index (χ1n) is 6.16. The molecular weight excluding hydrogens is 248 g/mol. The van der Waals surface area contributed by atoms with Crippen molar-refractivity contribution in [2.24, 2.45) is 0 Å². The minimum Gasteiger partial charge on any atom is -0.380 e. The predicted molar refractivity (Wildman–Crippen MR) is 75.2 cm³/mol. The van der Waals surface area contributed by atoms with Crippen molar-refractivity contribution in [2.75, 3.05) is 7.11 Å². The van der Waals surface area contributed by atoms with Crippen LogP contribution in [0.25, 0.3) is 11.0 Å². The topological polar surface area (TPSA) is 27.1 Å². The molecule has 0 aliphatic carbocycles. The van der Waals surface area contributed by atoms with Crippen molar-refractivity contribution in [3.8, 4) is 0 Å². The van der Waals surface area contributed by atoms with E-state index >= 15 is 0 Å². The molecule has 0 radical (unpaired) electrons. The predicted octanol–water partition coefficient (Wildman–Crippen LogP) is 3.68. The molecule has 0 bridgehead atoms. The van der Waals surface area contributed by atoms with Crippen LogP contribution < -0.4 is 0 Å². The van der Waals surface area contributed by atoms with Gasteiger partial charge >= 0.3 is 0 Å². The number of alkyl halides is 1. The van der Waals surface area contributed by atoms with Crippen molar-refractivity contribution in [1.82, 2.24) is 9.55 Å². The van der Waals surface area contributed by atoms with Crippen molar-refractivity contribution < 1.29 is 4.74 Å². The molecule has 2 atom stereocenters. The molecule has 0 N–H and O–H groups in total. The lowest BCUT2D eigenvalue weighted by molar-refractivity contribution is 0.103. The normalized spacial score (nSPS) is 14.9. The Bertz CT molecular complexity index is 548. The Kier molecular flexibility index (Phi) is 3.93. The highest BCUT2D eigenvalue weighted by atomic mass is 35.5. The Morgan fingerprint density at radius 1 is 1.39 bits per heavy atom. The number of aromatic nitrogens is 2. The standard InChI is InChI=1S/C14H19ClN2O/c1-9-5-6-13-12(7-9)16-14(11(3)15)17(13)8-10(2)18-4/h5-7,10-11H,8H2,1-4H3. The van der Waals surface area contributed by atoms with Crippen LogP contribution >= 0.6 is 11.6 Å². The van der Waals surface area contributed by atoms with Crippen LogP contribution in [0, 0.1) is 6.92 Å². The number of nitrogens with zero attached hydrogens (tertiary/aromatic N) is 2. The fourth-order valence-corrected chi connectivity index (χ4v) is 2.25. The molecule has 0 spiro atoms. The summed E-state index contributed by atoms with van der Waals surface area (Å²) in [4.78, 5) is 4.64. The van der Waals surface area contributed by atoms with E-state index in [9.17, 15) is 0 Å². The number of hydrogen-bond acceptors (Lipinski definition) is 2. The second-order valence-corrected chi connectivity index (χ2v) is 5.39. The number of aryl methyl sites for hydroxylation is 1. The lowest BCUT2D eigenvalue weighted by atomic mass is 10.2. The van der Waals surface area contributed by atoms with Crippen LogP contribution in [0.15, 0.2) is 18.2 Å². The third-order valence-corrected chi connectivity index (χ3v) is 3.33. The molecule has 98 valence electrons. The second-order valence-electron chi connectivity index (χ2n) is 4.74. The molecule has 0 saturated carbocycles. The number of hydrogen-bond donors (Lipinski definition) is 0. The molecule has 1 heterocycles. The van der Waals surface area contributed by atoms with E-state index in [1.54, 1.807) is 7.11 Å². The zero-order valence-corrected chi connectivity index (χ0v) is 12.0. The van der Waals surface area contributed by atoms with E-state index in [2.05, 4.69) is 34.7 Å². The molecule has 18 heavy (non-hydrogen) atoms. The van der Waals surface area contributed by atoms with Gasteiger partial charge in [0.05, 0.1) is 29.1 Å². The van der Waals surface area contributed by atoms with Crippen molar-refractivity contribution in [3.05, 3.63) is 29.6 Å². The van der Waals surface area contributed by atoms with Gasteiger partial charge in [0.1, 0.15) is 5.82 Å². The van der Waals surface area contributed by atoms with E-state index in [1.165, 1.54) is 5.56 Å². The Hall–Kier alpha value is -1.06. The second kappa shape index (κ2) is 5.29. The summed E-state index contributed by atoms with van der Waals surface area (Å²) in [5.41, 5.74) is 3.33. The van der Waals surface area contributed by atoms with Gasteiger partial charge in [-0.2, -0.15) is 0 Å². The summed E-state index contributed by atoms with van der Waals surface area (Å²) in [7, 11) is 1.72. The molecule has 1 aromatic carbocycles. The molecule has 2 unspecified atom stereocenters. The van der Waals surface area contributed by atoms with Crippen molar-refractivity contribution in [1.29, 1.82) is 0 Å². The van der Waals surface area contributed by atoms with Crippen LogP contribution in [0.4, 0.5) is 0 Å². The number of imidazole rings is 1. The van der Waals surface area contributed by atoms with E-state index in [4.69, 9.17) is 16.3 Å². The van der Waals surface area contributed by atoms with Gasteiger partial charge < -0.3 is 9.30 Å². The van der Waals surface area contributed by atoms with Gasteiger partial charge in [-0.05, 0) is 38.5 Å². The molecule has 0 aliphatic rings. The highest BCUT2D eigenvalue weighted by Crippen LogP contribution is 2.25. The number of benzene rings is 1. The summed E-state index contributed by atoms with van der Waals surface area (Å²) in [6.07, 6.45) is 0.137. The average molecular weight is 267 g/mol. The van der Waals surface area contributed by atoms with E-state index in [0.29, 0.717) is 0 Å². The Morgan fingerprint density at radius 3 is 2.72 bits per heavy atom. The van der Waals surface area contributed by atoms with E-state index in [1.807, 2.05) is 13.8 Å². The molecule has 0 saturated heterocycles. The van der Waals surface area contributed by atoms with Gasteiger partial charge in [0, 0.05) is 7.11 Å². The molecule has 0 amide bonds. The van der Waals surface area contributed by atoms with Crippen LogP contribution in [0.1, 0.15) is 30.6 Å². The van der Waals surface area contributed by atoms with Gasteiger partial charge in [-0.15, -0.1) is 11.6 Å². The molecule has 4 heteroatoms. The lowest BCUT2D eigenvalue weighted by Crippen LogP contribution is -2.16. The molecule has 1 aromatic heterocycles. The third-order valence-electron chi connectivity index (χ3n) is 3.13. The summed E-state index contributed by atoms with van der Waals surface area (Å²) in [5.74, 6) is 0.904. The quantitative estimate of drug-likeness (QED) is 0.790. The van der Waals surface area contributed by atoms with Gasteiger partial charge in [0.15, 0.2) is 0 Å². The van der Waals surface area contributed by atoms with Gasteiger partial charge in [0.2, 0.25) is 0 Å². The first kappa shape index (κ1) is 13.4. The maximum absolute atomic E-state index is 6.22. The van der Waals surface area contributed by atoms with Gasteiger partial charge in [-0.1, -0.05) is 6.07 Å². The number of rotatable bonds is 4. The highest BCUT2D eigenvalue weighted by Gasteiger charge is 2.16. The number of ether oxygens (including phenoxy) is 1. The number of fused-ring (bicyclic) bond motifs is 1. The van der Waals surface area contributed by atoms with Gasteiger partial charge in [-0.25, -0.2) is 4.98 Å². The van der Waals surface area contributed by atoms with Crippen molar-refractivity contribution in [3.63, 3.8) is 0 Å². The van der Waals surface area contributed by atoms with Crippen LogP contribution in [-0.4, -0.2) is 22.8 Å². The molecule has 0 fully saturated rings. The minimum absolute atomic E-state index is 0.109. The summed E-state index contributed by atoms with van der Waals surface area (Å²) in [6.45, 7) is 6.83. The zero-order chi connectivity index (χ0) is 13.3. The monoisotopic (exact) mass is 266 g/mol. The summed E-state index contributed by atoms with van der Waals surface area (Å²) in [5, 5.41) is -0.109. The molecule has 3 nitrogen and oxygen atoms in total. The van der Waals surface area contributed by atoms with Crippen LogP contribution in [-0.2, 0) is 11.3 Å². The van der Waals surface area contributed by atoms with E-state index in [-0.39, 0.29) is 11.5 Å². The largest absolute Gasteiger partial charge is 0.380 e. The first-order valence-corrected chi connectivity index (χ1v) is 6.60.